The Bertz CT molecular complexity index is 688. The van der Waals surface area contributed by atoms with Crippen molar-refractivity contribution in [3.05, 3.63) is 29.8 Å². The van der Waals surface area contributed by atoms with E-state index >= 15 is 0 Å². The van der Waals surface area contributed by atoms with E-state index in [0.29, 0.717) is 31.7 Å². The fourth-order valence-corrected chi connectivity index (χ4v) is 3.06. The Balaban J connectivity index is 2.09. The number of rotatable bonds is 7. The van der Waals surface area contributed by atoms with Gasteiger partial charge >= 0.3 is 6.03 Å². The fourth-order valence-electron chi connectivity index (χ4n) is 3.06. The second kappa shape index (κ2) is 7.58. The number of amides is 4. The van der Waals surface area contributed by atoms with E-state index in [2.05, 4.69) is 10.6 Å². The highest BCUT2D eigenvalue weighted by atomic mass is 19.1. The number of urea groups is 1. The molecule has 0 atom stereocenters. The summed E-state index contributed by atoms with van der Waals surface area (Å²) in [6.45, 7) is 3.28. The first-order chi connectivity index (χ1) is 11.8. The zero-order valence-electron chi connectivity index (χ0n) is 14.2. The van der Waals surface area contributed by atoms with Gasteiger partial charge in [0.2, 0.25) is 5.91 Å². The number of nitrogens with one attached hydrogen (secondary N) is 2. The van der Waals surface area contributed by atoms with Gasteiger partial charge in [0.15, 0.2) is 0 Å². The summed E-state index contributed by atoms with van der Waals surface area (Å²) in [7, 11) is 0. The molecule has 0 saturated carbocycles. The molecular weight excluding hydrogens is 332 g/mol. The zero-order chi connectivity index (χ0) is 18.6. The molecule has 1 aromatic carbocycles. The van der Waals surface area contributed by atoms with Gasteiger partial charge in [-0.3, -0.25) is 14.5 Å². The summed E-state index contributed by atoms with van der Waals surface area (Å²) in [5, 5.41) is 4.93. The number of halogens is 2. The zero-order valence-corrected chi connectivity index (χ0v) is 14.2. The minimum Gasteiger partial charge on any atom is -0.323 e. The van der Waals surface area contributed by atoms with Crippen LogP contribution in [0.1, 0.15) is 39.5 Å². The van der Waals surface area contributed by atoms with Crippen LogP contribution in [0.15, 0.2) is 18.2 Å². The van der Waals surface area contributed by atoms with Gasteiger partial charge in [-0.1, -0.05) is 26.7 Å². The molecule has 25 heavy (non-hydrogen) atoms. The first-order valence-corrected chi connectivity index (χ1v) is 8.22. The second-order valence-electron chi connectivity index (χ2n) is 6.08. The quantitative estimate of drug-likeness (QED) is 0.740. The van der Waals surface area contributed by atoms with Crippen molar-refractivity contribution in [1.82, 2.24) is 10.2 Å². The molecule has 8 heteroatoms. The molecule has 0 aliphatic carbocycles. The average molecular weight is 353 g/mol. The smallest absolute Gasteiger partial charge is 0.323 e. The molecule has 0 aromatic heterocycles. The number of carbonyl (C=O) groups excluding carboxylic acids is 3. The number of imide groups is 1. The number of hydrogen-bond acceptors (Lipinski definition) is 3. The van der Waals surface area contributed by atoms with Crippen molar-refractivity contribution < 1.29 is 23.2 Å². The lowest BCUT2D eigenvalue weighted by Crippen LogP contribution is -2.47. The van der Waals surface area contributed by atoms with E-state index in [9.17, 15) is 23.2 Å². The van der Waals surface area contributed by atoms with Crippen LogP contribution in [0.5, 0.6) is 0 Å². The standard InChI is InChI=1S/C17H21F2N3O3/c1-3-7-17(8-4-2)15(24)22(16(25)21-17)10-14(23)20-13-6-5-11(18)9-12(13)19/h5-6,9H,3-4,7-8,10H2,1-2H3,(H,20,23)(H,21,25). The normalized spacial score (nSPS) is 16.1. The lowest BCUT2D eigenvalue weighted by Gasteiger charge is -2.25. The summed E-state index contributed by atoms with van der Waals surface area (Å²) in [5.74, 6) is -2.89. The maximum atomic E-state index is 13.6. The average Bonchev–Trinajstić information content (AvgIpc) is 2.75. The van der Waals surface area contributed by atoms with Gasteiger partial charge in [-0.15, -0.1) is 0 Å². The van der Waals surface area contributed by atoms with Crippen LogP contribution in [-0.2, 0) is 9.59 Å². The summed E-state index contributed by atoms with van der Waals surface area (Å²) in [4.78, 5) is 37.7. The van der Waals surface area contributed by atoms with Gasteiger partial charge in [-0.05, 0) is 25.0 Å². The maximum Gasteiger partial charge on any atom is 0.325 e. The van der Waals surface area contributed by atoms with Crippen LogP contribution in [0.25, 0.3) is 0 Å². The van der Waals surface area contributed by atoms with E-state index in [0.717, 1.165) is 17.0 Å². The molecule has 1 heterocycles. The number of anilines is 1. The lowest BCUT2D eigenvalue weighted by atomic mass is 9.88. The minimum atomic E-state index is -0.984. The number of carbonyl (C=O) groups is 3. The third-order valence-electron chi connectivity index (χ3n) is 4.11. The highest BCUT2D eigenvalue weighted by molar-refractivity contribution is 6.10. The van der Waals surface area contributed by atoms with Crippen LogP contribution >= 0.6 is 0 Å². The van der Waals surface area contributed by atoms with Crippen molar-refractivity contribution in [2.75, 3.05) is 11.9 Å². The van der Waals surface area contributed by atoms with Gasteiger partial charge in [0.1, 0.15) is 23.7 Å². The van der Waals surface area contributed by atoms with E-state index in [1.165, 1.54) is 0 Å². The SMILES string of the molecule is CCCC1(CCC)NC(=O)N(CC(=O)Nc2ccc(F)cc2F)C1=O. The monoisotopic (exact) mass is 353 g/mol. The minimum absolute atomic E-state index is 0.216. The summed E-state index contributed by atoms with van der Waals surface area (Å²) in [6.07, 6.45) is 2.37. The Morgan fingerprint density at radius 1 is 1.20 bits per heavy atom. The van der Waals surface area contributed by atoms with Gasteiger partial charge in [0, 0.05) is 6.07 Å². The Hall–Kier alpha value is -2.51. The topological polar surface area (TPSA) is 78.5 Å². The molecule has 1 aromatic rings. The second-order valence-corrected chi connectivity index (χ2v) is 6.08. The predicted molar refractivity (Wildman–Crippen MR) is 87.8 cm³/mol. The van der Waals surface area contributed by atoms with Crippen molar-refractivity contribution in [2.24, 2.45) is 0 Å². The summed E-state index contributed by atoms with van der Waals surface area (Å²) in [6, 6.07) is 2.07. The molecular formula is C17H21F2N3O3. The van der Waals surface area contributed by atoms with Crippen molar-refractivity contribution in [2.45, 2.75) is 45.1 Å². The Labute approximate surface area is 144 Å². The fraction of sp³-hybridized carbons (Fsp3) is 0.471. The van der Waals surface area contributed by atoms with E-state index < -0.39 is 41.6 Å². The number of hydrogen-bond donors (Lipinski definition) is 2. The summed E-state index contributed by atoms with van der Waals surface area (Å²) in [5.41, 5.74) is -1.20. The van der Waals surface area contributed by atoms with Crippen molar-refractivity contribution in [1.29, 1.82) is 0 Å². The van der Waals surface area contributed by atoms with Crippen LogP contribution in [-0.4, -0.2) is 34.8 Å². The third-order valence-corrected chi connectivity index (χ3v) is 4.11. The first-order valence-electron chi connectivity index (χ1n) is 8.22. The predicted octanol–water partition coefficient (Wildman–Crippen LogP) is 2.79. The van der Waals surface area contributed by atoms with Crippen LogP contribution in [0.3, 0.4) is 0 Å². The van der Waals surface area contributed by atoms with E-state index in [-0.39, 0.29) is 5.69 Å². The molecule has 6 nitrogen and oxygen atoms in total. The van der Waals surface area contributed by atoms with Gasteiger partial charge in [-0.25, -0.2) is 13.6 Å². The van der Waals surface area contributed by atoms with E-state index in [1.54, 1.807) is 0 Å². The molecule has 0 radical (unpaired) electrons. The lowest BCUT2D eigenvalue weighted by molar-refractivity contribution is -0.134. The Morgan fingerprint density at radius 2 is 1.84 bits per heavy atom. The summed E-state index contributed by atoms with van der Waals surface area (Å²) < 4.78 is 26.5. The Kier molecular flexibility index (Phi) is 5.71. The summed E-state index contributed by atoms with van der Waals surface area (Å²) >= 11 is 0. The molecule has 4 amide bonds. The molecule has 2 N–H and O–H groups in total. The maximum absolute atomic E-state index is 13.6. The van der Waals surface area contributed by atoms with Gasteiger partial charge < -0.3 is 10.6 Å². The molecule has 1 aliphatic heterocycles. The molecule has 2 rings (SSSR count). The van der Waals surface area contributed by atoms with E-state index in [4.69, 9.17) is 0 Å². The molecule has 1 aliphatic rings. The van der Waals surface area contributed by atoms with Crippen LogP contribution in [0.4, 0.5) is 19.3 Å². The molecule has 136 valence electrons. The Morgan fingerprint density at radius 3 is 2.40 bits per heavy atom. The highest BCUT2D eigenvalue weighted by Crippen LogP contribution is 2.28. The number of nitrogens with zero attached hydrogens (tertiary/aromatic N) is 1. The largest absolute Gasteiger partial charge is 0.325 e. The molecule has 0 unspecified atom stereocenters. The first kappa shape index (κ1) is 18.8. The highest BCUT2D eigenvalue weighted by Gasteiger charge is 2.50. The van der Waals surface area contributed by atoms with Gasteiger partial charge in [0.25, 0.3) is 5.91 Å². The molecule has 1 fully saturated rings. The third kappa shape index (κ3) is 3.94. The van der Waals surface area contributed by atoms with Crippen LogP contribution < -0.4 is 10.6 Å². The van der Waals surface area contributed by atoms with Crippen LogP contribution in [0.2, 0.25) is 0 Å². The molecule has 0 bridgehead atoms. The number of benzene rings is 1. The van der Waals surface area contributed by atoms with Gasteiger partial charge in [-0.2, -0.15) is 0 Å². The van der Waals surface area contributed by atoms with Gasteiger partial charge in [0.05, 0.1) is 5.69 Å². The van der Waals surface area contributed by atoms with Crippen molar-refractivity contribution in [3.8, 4) is 0 Å². The van der Waals surface area contributed by atoms with Crippen molar-refractivity contribution >= 4 is 23.5 Å². The molecule has 1 saturated heterocycles. The molecule has 0 spiro atoms. The van der Waals surface area contributed by atoms with Crippen LogP contribution in [0, 0.1) is 11.6 Å². The van der Waals surface area contributed by atoms with E-state index in [1.807, 2.05) is 13.8 Å². The van der Waals surface area contributed by atoms with Crippen molar-refractivity contribution in [3.63, 3.8) is 0 Å².